The SMILES string of the molecule is CNc1cc(C)nc(Cn2c(C)nc3ccccc32)n1. The highest BCUT2D eigenvalue weighted by Crippen LogP contribution is 2.17. The van der Waals surface area contributed by atoms with Crippen molar-refractivity contribution in [1.29, 1.82) is 0 Å². The summed E-state index contributed by atoms with van der Waals surface area (Å²) in [6, 6.07) is 10.1. The van der Waals surface area contributed by atoms with Crippen molar-refractivity contribution < 1.29 is 0 Å². The predicted octanol–water partition coefficient (Wildman–Crippen LogP) is 2.53. The highest BCUT2D eigenvalue weighted by molar-refractivity contribution is 5.75. The summed E-state index contributed by atoms with van der Waals surface area (Å²) in [6.07, 6.45) is 0. The quantitative estimate of drug-likeness (QED) is 0.792. The van der Waals surface area contributed by atoms with Crippen molar-refractivity contribution in [2.45, 2.75) is 20.4 Å². The summed E-state index contributed by atoms with van der Waals surface area (Å²) in [5.74, 6) is 2.61. The van der Waals surface area contributed by atoms with E-state index in [0.29, 0.717) is 6.54 Å². The molecular weight excluding hydrogens is 250 g/mol. The second-order valence-corrected chi connectivity index (χ2v) is 4.79. The maximum Gasteiger partial charge on any atom is 0.150 e. The number of aryl methyl sites for hydroxylation is 2. The summed E-state index contributed by atoms with van der Waals surface area (Å²) in [5.41, 5.74) is 3.08. The van der Waals surface area contributed by atoms with E-state index in [0.717, 1.165) is 34.2 Å². The summed E-state index contributed by atoms with van der Waals surface area (Å²) in [7, 11) is 1.86. The Hall–Kier alpha value is -2.43. The lowest BCUT2D eigenvalue weighted by Gasteiger charge is -2.08. The summed E-state index contributed by atoms with van der Waals surface area (Å²) in [4.78, 5) is 13.6. The van der Waals surface area contributed by atoms with E-state index >= 15 is 0 Å². The second-order valence-electron chi connectivity index (χ2n) is 4.79. The maximum absolute atomic E-state index is 4.57. The fourth-order valence-corrected chi connectivity index (χ4v) is 2.37. The average molecular weight is 267 g/mol. The number of nitrogens with zero attached hydrogens (tertiary/aromatic N) is 4. The van der Waals surface area contributed by atoms with Crippen molar-refractivity contribution in [1.82, 2.24) is 19.5 Å². The molecule has 0 saturated carbocycles. The van der Waals surface area contributed by atoms with Gasteiger partial charge in [0.05, 0.1) is 17.6 Å². The molecule has 20 heavy (non-hydrogen) atoms. The Morgan fingerprint density at radius 2 is 1.90 bits per heavy atom. The van der Waals surface area contributed by atoms with E-state index < -0.39 is 0 Å². The van der Waals surface area contributed by atoms with Crippen LogP contribution in [0.4, 0.5) is 5.82 Å². The largest absolute Gasteiger partial charge is 0.373 e. The fourth-order valence-electron chi connectivity index (χ4n) is 2.37. The molecule has 1 N–H and O–H groups in total. The molecule has 0 aliphatic carbocycles. The maximum atomic E-state index is 4.57. The smallest absolute Gasteiger partial charge is 0.150 e. The molecule has 0 bridgehead atoms. The minimum absolute atomic E-state index is 0.628. The van der Waals surface area contributed by atoms with Crippen LogP contribution in [0.5, 0.6) is 0 Å². The number of para-hydroxylation sites is 2. The van der Waals surface area contributed by atoms with E-state index in [2.05, 4.69) is 30.9 Å². The predicted molar refractivity (Wildman–Crippen MR) is 79.9 cm³/mol. The van der Waals surface area contributed by atoms with Gasteiger partial charge in [-0.1, -0.05) is 12.1 Å². The third-order valence-electron chi connectivity index (χ3n) is 3.30. The van der Waals surface area contributed by atoms with Gasteiger partial charge < -0.3 is 9.88 Å². The fraction of sp³-hybridized carbons (Fsp3) is 0.267. The zero-order valence-electron chi connectivity index (χ0n) is 11.9. The summed E-state index contributed by atoms with van der Waals surface area (Å²) < 4.78 is 2.14. The number of aromatic nitrogens is 4. The molecule has 0 aliphatic heterocycles. The molecule has 0 radical (unpaired) electrons. The summed E-state index contributed by atoms with van der Waals surface area (Å²) >= 11 is 0. The topological polar surface area (TPSA) is 55.6 Å². The minimum Gasteiger partial charge on any atom is -0.373 e. The molecule has 2 aromatic heterocycles. The van der Waals surface area contributed by atoms with Crippen LogP contribution < -0.4 is 5.32 Å². The third kappa shape index (κ3) is 2.22. The van der Waals surface area contributed by atoms with Crippen LogP contribution in [0.25, 0.3) is 11.0 Å². The number of nitrogens with one attached hydrogen (secondary N) is 1. The molecule has 3 aromatic rings. The summed E-state index contributed by atoms with van der Waals surface area (Å²) in [6.45, 7) is 4.61. The Morgan fingerprint density at radius 1 is 1.10 bits per heavy atom. The molecular formula is C15H17N5. The highest BCUT2D eigenvalue weighted by atomic mass is 15.1. The van der Waals surface area contributed by atoms with Gasteiger partial charge in [-0.15, -0.1) is 0 Å². The van der Waals surface area contributed by atoms with Gasteiger partial charge in [0.25, 0.3) is 0 Å². The van der Waals surface area contributed by atoms with Crippen LogP contribution in [-0.2, 0) is 6.54 Å². The lowest BCUT2D eigenvalue weighted by molar-refractivity contribution is 0.734. The number of benzene rings is 1. The van der Waals surface area contributed by atoms with E-state index in [1.165, 1.54) is 0 Å². The van der Waals surface area contributed by atoms with Crippen molar-refractivity contribution in [2.75, 3.05) is 12.4 Å². The molecule has 3 rings (SSSR count). The number of rotatable bonds is 3. The highest BCUT2D eigenvalue weighted by Gasteiger charge is 2.09. The van der Waals surface area contributed by atoms with Crippen molar-refractivity contribution in [2.24, 2.45) is 0 Å². The van der Waals surface area contributed by atoms with E-state index in [1.807, 2.05) is 45.2 Å². The Bertz CT molecular complexity index is 760. The number of anilines is 1. The normalized spacial score (nSPS) is 10.9. The van der Waals surface area contributed by atoms with Crippen LogP contribution in [0.15, 0.2) is 30.3 Å². The number of hydrogen-bond donors (Lipinski definition) is 1. The summed E-state index contributed by atoms with van der Waals surface area (Å²) in [5, 5.41) is 3.06. The third-order valence-corrected chi connectivity index (χ3v) is 3.30. The van der Waals surface area contributed by atoms with Gasteiger partial charge in [-0.25, -0.2) is 15.0 Å². The van der Waals surface area contributed by atoms with Gasteiger partial charge in [0.15, 0.2) is 5.82 Å². The molecule has 0 aliphatic rings. The lowest BCUT2D eigenvalue weighted by Crippen LogP contribution is -2.08. The Kier molecular flexibility index (Phi) is 3.10. The van der Waals surface area contributed by atoms with Crippen LogP contribution in [0.1, 0.15) is 17.3 Å². The molecule has 0 fully saturated rings. The molecule has 0 atom stereocenters. The van der Waals surface area contributed by atoms with E-state index in [1.54, 1.807) is 0 Å². The molecule has 0 amide bonds. The Morgan fingerprint density at radius 3 is 2.70 bits per heavy atom. The van der Waals surface area contributed by atoms with Crippen LogP contribution in [0.2, 0.25) is 0 Å². The Labute approximate surface area is 117 Å². The Balaban J connectivity index is 2.05. The average Bonchev–Trinajstić information content (AvgIpc) is 2.75. The van der Waals surface area contributed by atoms with Crippen molar-refractivity contribution in [3.63, 3.8) is 0 Å². The number of fused-ring (bicyclic) bond motifs is 1. The van der Waals surface area contributed by atoms with Crippen molar-refractivity contribution in [3.8, 4) is 0 Å². The molecule has 1 aromatic carbocycles. The minimum atomic E-state index is 0.628. The molecule has 5 nitrogen and oxygen atoms in total. The molecule has 2 heterocycles. The van der Waals surface area contributed by atoms with Crippen LogP contribution in [-0.4, -0.2) is 26.6 Å². The number of hydrogen-bond acceptors (Lipinski definition) is 4. The monoisotopic (exact) mass is 267 g/mol. The van der Waals surface area contributed by atoms with Gasteiger partial charge >= 0.3 is 0 Å². The first-order valence-electron chi connectivity index (χ1n) is 6.61. The number of imidazole rings is 1. The van der Waals surface area contributed by atoms with Crippen molar-refractivity contribution in [3.05, 3.63) is 47.7 Å². The van der Waals surface area contributed by atoms with E-state index in [9.17, 15) is 0 Å². The van der Waals surface area contributed by atoms with Gasteiger partial charge in [0, 0.05) is 18.8 Å². The lowest BCUT2D eigenvalue weighted by atomic mass is 10.3. The molecule has 0 unspecified atom stereocenters. The van der Waals surface area contributed by atoms with E-state index in [4.69, 9.17) is 0 Å². The zero-order chi connectivity index (χ0) is 14.1. The second kappa shape index (κ2) is 4.92. The van der Waals surface area contributed by atoms with E-state index in [-0.39, 0.29) is 0 Å². The standard InChI is InChI=1S/C15H17N5/c1-10-8-14(16-3)19-15(17-10)9-20-11(2)18-12-6-4-5-7-13(12)20/h4-8H,9H2,1-3H3,(H,16,17,19). The molecule has 102 valence electrons. The van der Waals surface area contributed by atoms with Crippen LogP contribution in [0.3, 0.4) is 0 Å². The zero-order valence-corrected chi connectivity index (χ0v) is 11.9. The van der Waals surface area contributed by atoms with Gasteiger partial charge in [0.1, 0.15) is 11.6 Å². The molecule has 5 heteroatoms. The van der Waals surface area contributed by atoms with Crippen LogP contribution >= 0.6 is 0 Å². The van der Waals surface area contributed by atoms with Gasteiger partial charge in [0.2, 0.25) is 0 Å². The first-order chi connectivity index (χ1) is 9.67. The van der Waals surface area contributed by atoms with Gasteiger partial charge in [-0.2, -0.15) is 0 Å². The van der Waals surface area contributed by atoms with Crippen LogP contribution in [0, 0.1) is 13.8 Å². The first-order valence-corrected chi connectivity index (χ1v) is 6.61. The van der Waals surface area contributed by atoms with Crippen molar-refractivity contribution >= 4 is 16.9 Å². The first kappa shape index (κ1) is 12.6. The molecule has 0 saturated heterocycles. The van der Waals surface area contributed by atoms with Gasteiger partial charge in [-0.05, 0) is 26.0 Å². The molecule has 0 spiro atoms. The van der Waals surface area contributed by atoms with Gasteiger partial charge in [-0.3, -0.25) is 0 Å².